The molecule has 0 spiro atoms. The van der Waals surface area contributed by atoms with Crippen LogP contribution in [0.2, 0.25) is 0 Å². The molecule has 15 atom stereocenters. The van der Waals surface area contributed by atoms with Crippen LogP contribution < -0.4 is 28.7 Å². The molecule has 0 aromatic carbocycles. The van der Waals surface area contributed by atoms with E-state index in [0.29, 0.717) is 0 Å². The molecule has 15 N–H and O–H groups in total. The zero-order chi connectivity index (χ0) is 26.0. The Bertz CT molecular complexity index is 749. The van der Waals surface area contributed by atoms with Gasteiger partial charge in [-0.05, 0) is 12.0 Å². The van der Waals surface area contributed by atoms with E-state index in [4.69, 9.17) is 53.1 Å². The molecule has 2 saturated heterocycles. The first-order valence-electron chi connectivity index (χ1n) is 11.3. The second-order valence-corrected chi connectivity index (χ2v) is 9.11. The summed E-state index contributed by atoms with van der Waals surface area (Å²) in [7, 11) is 0. The van der Waals surface area contributed by atoms with Crippen LogP contribution in [0.25, 0.3) is 10.4 Å². The lowest BCUT2D eigenvalue weighted by molar-refractivity contribution is -0.315. The van der Waals surface area contributed by atoms with Crippen molar-refractivity contribution < 1.29 is 44.5 Å². The Morgan fingerprint density at radius 1 is 0.771 bits per heavy atom. The highest BCUT2D eigenvalue weighted by molar-refractivity contribution is 5.01. The molecule has 0 aromatic heterocycles. The molecule has 17 heteroatoms. The minimum Gasteiger partial charge on any atom is -0.389 e. The van der Waals surface area contributed by atoms with Gasteiger partial charge in [-0.15, -0.1) is 0 Å². The highest BCUT2D eigenvalue weighted by atomic mass is 16.7. The summed E-state index contributed by atoms with van der Waals surface area (Å²) >= 11 is 0. The molecule has 0 bridgehead atoms. The van der Waals surface area contributed by atoms with Crippen LogP contribution in [0.1, 0.15) is 6.42 Å². The van der Waals surface area contributed by atoms with Crippen LogP contribution in [0.15, 0.2) is 5.11 Å². The molecular formula is C18H36N8O9. The molecule has 2 aliphatic heterocycles. The molecular weight excluding hydrogens is 472 g/mol. The molecule has 0 aromatic rings. The van der Waals surface area contributed by atoms with E-state index in [1.807, 2.05) is 0 Å². The summed E-state index contributed by atoms with van der Waals surface area (Å²) in [5.74, 6) is 0. The molecule has 202 valence electrons. The topological polar surface area (TPSA) is 317 Å². The largest absolute Gasteiger partial charge is 0.389 e. The van der Waals surface area contributed by atoms with Crippen LogP contribution in [0, 0.1) is 0 Å². The number of aliphatic hydroxyl groups is 5. The Hall–Kier alpha value is -1.25. The van der Waals surface area contributed by atoms with Gasteiger partial charge in [0.2, 0.25) is 0 Å². The predicted octanol–water partition coefficient (Wildman–Crippen LogP) is -6.01. The molecule has 0 amide bonds. The van der Waals surface area contributed by atoms with Crippen LogP contribution in [0.5, 0.6) is 0 Å². The second kappa shape index (κ2) is 11.9. The van der Waals surface area contributed by atoms with Crippen molar-refractivity contribution in [1.29, 1.82) is 0 Å². The van der Waals surface area contributed by atoms with Gasteiger partial charge in [0, 0.05) is 23.5 Å². The van der Waals surface area contributed by atoms with E-state index in [-0.39, 0.29) is 19.5 Å². The van der Waals surface area contributed by atoms with Gasteiger partial charge in [-0.1, -0.05) is 5.11 Å². The minimum atomic E-state index is -1.50. The number of hydrogen-bond acceptors (Lipinski definition) is 15. The molecule has 2 heterocycles. The summed E-state index contributed by atoms with van der Waals surface area (Å²) in [6.07, 6.45) is -14.0. The highest BCUT2D eigenvalue weighted by Crippen LogP contribution is 2.31. The molecule has 3 fully saturated rings. The number of azide groups is 1. The van der Waals surface area contributed by atoms with E-state index in [1.54, 1.807) is 0 Å². The quantitative estimate of drug-likeness (QED) is 0.0869. The van der Waals surface area contributed by atoms with Crippen molar-refractivity contribution in [2.24, 2.45) is 33.8 Å². The monoisotopic (exact) mass is 508 g/mol. The Labute approximate surface area is 200 Å². The number of hydrogen-bond donors (Lipinski definition) is 10. The fourth-order valence-corrected chi connectivity index (χ4v) is 4.56. The third-order valence-electron chi connectivity index (χ3n) is 6.71. The lowest BCUT2D eigenvalue weighted by atomic mass is 9.84. The number of nitrogens with zero attached hydrogens (tertiary/aromatic N) is 3. The van der Waals surface area contributed by atoms with Crippen molar-refractivity contribution >= 4 is 0 Å². The number of aliphatic hydroxyl groups excluding tert-OH is 5. The lowest BCUT2D eigenvalue weighted by Crippen LogP contribution is -2.69. The van der Waals surface area contributed by atoms with Crippen molar-refractivity contribution in [2.75, 3.05) is 13.1 Å². The third kappa shape index (κ3) is 5.85. The van der Waals surface area contributed by atoms with E-state index in [2.05, 4.69) is 10.0 Å². The zero-order valence-electron chi connectivity index (χ0n) is 18.9. The maximum Gasteiger partial charge on any atom is 0.186 e. The summed E-state index contributed by atoms with van der Waals surface area (Å²) in [6.45, 7) is -0.401. The Balaban J connectivity index is 1.73. The molecule has 17 nitrogen and oxygen atoms in total. The van der Waals surface area contributed by atoms with Gasteiger partial charge >= 0.3 is 0 Å². The molecule has 15 unspecified atom stereocenters. The first-order chi connectivity index (χ1) is 16.5. The van der Waals surface area contributed by atoms with Crippen LogP contribution in [0.3, 0.4) is 0 Å². The first-order valence-corrected chi connectivity index (χ1v) is 11.3. The second-order valence-electron chi connectivity index (χ2n) is 9.11. The Morgan fingerprint density at radius 2 is 1.34 bits per heavy atom. The molecule has 35 heavy (non-hydrogen) atoms. The molecule has 3 rings (SSSR count). The zero-order valence-corrected chi connectivity index (χ0v) is 18.9. The van der Waals surface area contributed by atoms with E-state index in [1.165, 1.54) is 0 Å². The van der Waals surface area contributed by atoms with Gasteiger partial charge in [0.05, 0.1) is 30.8 Å². The SMILES string of the molecule is [N-]=[N+]=NCC1OC(OC2C(N)CC(N)C(OC3OC(CN)C(O)C(O)C3N)C2O)C(O)C(N)C1O. The summed E-state index contributed by atoms with van der Waals surface area (Å²) in [5, 5.41) is 55.3. The standard InChI is InChI=1S/C18H36N8O9/c19-2-6-11(28)12(29)9(23)17(32-6)34-15-4(20)1-5(21)16(14(15)31)35-18-13(30)8(22)10(27)7(33-18)3-25-26-24/h4-18,27-31H,1-3,19-23H2. The van der Waals surface area contributed by atoms with Gasteiger partial charge in [-0.3, -0.25) is 0 Å². The van der Waals surface area contributed by atoms with Crippen LogP contribution in [-0.4, -0.2) is 130 Å². The predicted molar refractivity (Wildman–Crippen MR) is 117 cm³/mol. The van der Waals surface area contributed by atoms with Gasteiger partial charge in [0.25, 0.3) is 0 Å². The van der Waals surface area contributed by atoms with Gasteiger partial charge in [0.15, 0.2) is 12.6 Å². The average Bonchev–Trinajstić information content (AvgIpc) is 2.83. The summed E-state index contributed by atoms with van der Waals surface area (Å²) in [4.78, 5) is 2.61. The first kappa shape index (κ1) is 28.3. The van der Waals surface area contributed by atoms with E-state index >= 15 is 0 Å². The number of nitrogens with two attached hydrogens (primary N) is 5. The van der Waals surface area contributed by atoms with Gasteiger partial charge in [-0.25, -0.2) is 0 Å². The van der Waals surface area contributed by atoms with Crippen molar-refractivity contribution in [3.63, 3.8) is 0 Å². The van der Waals surface area contributed by atoms with E-state index in [9.17, 15) is 25.5 Å². The fourth-order valence-electron chi connectivity index (χ4n) is 4.56. The van der Waals surface area contributed by atoms with Crippen molar-refractivity contribution in [3.8, 4) is 0 Å². The minimum absolute atomic E-state index is 0.111. The van der Waals surface area contributed by atoms with Gasteiger partial charge in [-0.2, -0.15) is 0 Å². The molecule has 3 aliphatic rings. The normalized spacial score (nSPS) is 51.0. The average molecular weight is 509 g/mol. The number of ether oxygens (including phenoxy) is 4. The summed E-state index contributed by atoms with van der Waals surface area (Å²) in [6, 6.07) is -3.99. The van der Waals surface area contributed by atoms with Crippen LogP contribution in [0.4, 0.5) is 0 Å². The lowest BCUT2D eigenvalue weighted by Gasteiger charge is -2.48. The van der Waals surface area contributed by atoms with Crippen molar-refractivity contribution in [2.45, 2.75) is 98.1 Å². The van der Waals surface area contributed by atoms with Crippen LogP contribution in [-0.2, 0) is 18.9 Å². The number of rotatable bonds is 7. The maximum atomic E-state index is 11.0. The van der Waals surface area contributed by atoms with Crippen molar-refractivity contribution in [1.82, 2.24) is 0 Å². The van der Waals surface area contributed by atoms with E-state index < -0.39 is 91.7 Å². The molecule has 1 saturated carbocycles. The third-order valence-corrected chi connectivity index (χ3v) is 6.71. The molecule has 0 radical (unpaired) electrons. The molecule has 1 aliphatic carbocycles. The Morgan fingerprint density at radius 3 is 1.91 bits per heavy atom. The smallest absolute Gasteiger partial charge is 0.186 e. The van der Waals surface area contributed by atoms with Gasteiger partial charge < -0.3 is 73.1 Å². The van der Waals surface area contributed by atoms with Crippen LogP contribution >= 0.6 is 0 Å². The summed E-state index contributed by atoms with van der Waals surface area (Å²) < 4.78 is 22.7. The Kier molecular flexibility index (Phi) is 9.60. The van der Waals surface area contributed by atoms with E-state index in [0.717, 1.165) is 0 Å². The van der Waals surface area contributed by atoms with Gasteiger partial charge in [0.1, 0.15) is 42.7 Å². The fraction of sp³-hybridized carbons (Fsp3) is 1.00. The summed E-state index contributed by atoms with van der Waals surface area (Å²) in [5.41, 5.74) is 38.3. The maximum absolute atomic E-state index is 11.0. The van der Waals surface area contributed by atoms with Crippen molar-refractivity contribution in [3.05, 3.63) is 10.4 Å². The highest BCUT2D eigenvalue weighted by Gasteiger charge is 2.51.